The Kier molecular flexibility index (Phi) is 4.88. The highest BCUT2D eigenvalue weighted by atomic mass is 16.5. The molecular formula is C22H21N3O4. The monoisotopic (exact) mass is 391 g/mol. The lowest BCUT2D eigenvalue weighted by Crippen LogP contribution is -2.54. The molecule has 1 aromatic carbocycles. The van der Waals surface area contributed by atoms with E-state index in [4.69, 9.17) is 4.74 Å². The van der Waals surface area contributed by atoms with Gasteiger partial charge in [-0.15, -0.1) is 0 Å². The van der Waals surface area contributed by atoms with Crippen LogP contribution in [0.4, 0.5) is 0 Å². The topological polar surface area (TPSA) is 92.6 Å². The normalized spacial score (nSPS) is 15.8. The van der Waals surface area contributed by atoms with Crippen LogP contribution in [0.15, 0.2) is 54.9 Å². The fourth-order valence-corrected chi connectivity index (χ4v) is 3.63. The van der Waals surface area contributed by atoms with Gasteiger partial charge in [0.1, 0.15) is 11.4 Å². The molecule has 0 spiro atoms. The van der Waals surface area contributed by atoms with Crippen LogP contribution in [-0.4, -0.2) is 50.5 Å². The van der Waals surface area contributed by atoms with Crippen LogP contribution in [0.1, 0.15) is 28.9 Å². The van der Waals surface area contributed by atoms with E-state index >= 15 is 0 Å². The highest BCUT2D eigenvalue weighted by molar-refractivity contribution is 5.94. The van der Waals surface area contributed by atoms with E-state index in [1.54, 1.807) is 35.5 Å². The van der Waals surface area contributed by atoms with Crippen LogP contribution in [-0.2, 0) is 4.79 Å². The van der Waals surface area contributed by atoms with E-state index in [-0.39, 0.29) is 31.8 Å². The number of aryl methyl sites for hydroxylation is 1. The van der Waals surface area contributed by atoms with Gasteiger partial charge in [0.15, 0.2) is 0 Å². The van der Waals surface area contributed by atoms with E-state index in [0.717, 1.165) is 16.5 Å². The highest BCUT2D eigenvalue weighted by Gasteiger charge is 2.45. The third kappa shape index (κ3) is 3.63. The fourth-order valence-electron chi connectivity index (χ4n) is 3.63. The summed E-state index contributed by atoms with van der Waals surface area (Å²) in [6, 6.07) is 12.7. The van der Waals surface area contributed by atoms with Crippen molar-refractivity contribution in [2.24, 2.45) is 0 Å². The van der Waals surface area contributed by atoms with Gasteiger partial charge in [0.2, 0.25) is 5.60 Å². The second-order valence-electron chi connectivity index (χ2n) is 7.22. The van der Waals surface area contributed by atoms with Crippen LogP contribution in [0.25, 0.3) is 10.9 Å². The van der Waals surface area contributed by atoms with Gasteiger partial charge in [0, 0.05) is 43.7 Å². The number of piperidine rings is 1. The molecule has 0 saturated carbocycles. The molecule has 0 bridgehead atoms. The molecule has 1 aliphatic rings. The predicted octanol–water partition coefficient (Wildman–Crippen LogP) is 3.08. The van der Waals surface area contributed by atoms with Gasteiger partial charge in [0.05, 0.1) is 5.52 Å². The smallest absolute Gasteiger partial charge is 0.348 e. The Hall–Kier alpha value is -3.48. The number of carbonyl (C=O) groups is 2. The number of pyridine rings is 2. The average Bonchev–Trinajstić information content (AvgIpc) is 2.74. The number of ether oxygens (including phenoxy) is 1. The van der Waals surface area contributed by atoms with Gasteiger partial charge in [-0.05, 0) is 42.8 Å². The molecule has 29 heavy (non-hydrogen) atoms. The van der Waals surface area contributed by atoms with Gasteiger partial charge in [0.25, 0.3) is 5.91 Å². The van der Waals surface area contributed by atoms with Crippen LogP contribution < -0.4 is 4.74 Å². The number of likely N-dealkylation sites (tertiary alicyclic amines) is 1. The number of aliphatic carboxylic acids is 1. The Morgan fingerprint density at radius 2 is 1.79 bits per heavy atom. The largest absolute Gasteiger partial charge is 0.478 e. The molecule has 4 rings (SSSR count). The first-order valence-electron chi connectivity index (χ1n) is 9.47. The summed E-state index contributed by atoms with van der Waals surface area (Å²) in [6.45, 7) is 2.41. The van der Waals surface area contributed by atoms with E-state index in [2.05, 4.69) is 9.97 Å². The molecule has 3 aromatic rings. The average molecular weight is 391 g/mol. The van der Waals surface area contributed by atoms with Gasteiger partial charge in [-0.1, -0.05) is 12.1 Å². The first kappa shape index (κ1) is 18.9. The maximum absolute atomic E-state index is 12.8. The number of hydrogen-bond donors (Lipinski definition) is 1. The van der Waals surface area contributed by atoms with Crippen molar-refractivity contribution in [3.8, 4) is 5.75 Å². The standard InChI is InChI=1S/C22H21N3O4/c1-15-4-2-11-24-19(15)20(26)25-12-8-22(9-13-25,21(27)28)29-17-6-7-18-16(14-17)5-3-10-23-18/h2-7,10-11,14H,8-9,12-13H2,1H3,(H,27,28). The third-order valence-corrected chi connectivity index (χ3v) is 5.35. The zero-order valence-electron chi connectivity index (χ0n) is 16.0. The minimum Gasteiger partial charge on any atom is -0.478 e. The number of nitrogens with zero attached hydrogens (tertiary/aromatic N) is 3. The summed E-state index contributed by atoms with van der Waals surface area (Å²) >= 11 is 0. The van der Waals surface area contributed by atoms with Crippen molar-refractivity contribution in [3.63, 3.8) is 0 Å². The van der Waals surface area contributed by atoms with Crippen molar-refractivity contribution in [3.05, 3.63) is 66.1 Å². The number of amides is 1. The Bertz CT molecular complexity index is 1070. The summed E-state index contributed by atoms with van der Waals surface area (Å²) in [5.41, 5.74) is 0.647. The van der Waals surface area contributed by atoms with E-state index in [0.29, 0.717) is 11.4 Å². The van der Waals surface area contributed by atoms with Crippen molar-refractivity contribution < 1.29 is 19.4 Å². The zero-order valence-corrected chi connectivity index (χ0v) is 16.0. The quantitative estimate of drug-likeness (QED) is 0.735. The molecule has 7 heteroatoms. The summed E-state index contributed by atoms with van der Waals surface area (Å²) in [5.74, 6) is -0.725. The number of carboxylic acids is 1. The number of rotatable bonds is 4. The molecule has 0 radical (unpaired) electrons. The predicted molar refractivity (Wildman–Crippen MR) is 107 cm³/mol. The summed E-state index contributed by atoms with van der Waals surface area (Å²) in [4.78, 5) is 35.0. The molecule has 1 fully saturated rings. The zero-order chi connectivity index (χ0) is 20.4. The Labute approximate surface area is 168 Å². The van der Waals surface area contributed by atoms with Crippen LogP contribution in [0.2, 0.25) is 0 Å². The summed E-state index contributed by atoms with van der Waals surface area (Å²) in [7, 11) is 0. The molecule has 1 amide bonds. The lowest BCUT2D eigenvalue weighted by atomic mass is 9.90. The van der Waals surface area contributed by atoms with Crippen molar-refractivity contribution in [2.75, 3.05) is 13.1 Å². The number of carbonyl (C=O) groups excluding carboxylic acids is 1. The molecule has 1 N–H and O–H groups in total. The van der Waals surface area contributed by atoms with Gasteiger partial charge in [-0.2, -0.15) is 0 Å². The van der Waals surface area contributed by atoms with Crippen LogP contribution in [0.3, 0.4) is 0 Å². The molecule has 3 heterocycles. The maximum atomic E-state index is 12.8. The first-order chi connectivity index (χ1) is 14.0. The van der Waals surface area contributed by atoms with Crippen molar-refractivity contribution in [1.29, 1.82) is 0 Å². The Balaban J connectivity index is 1.52. The van der Waals surface area contributed by atoms with Crippen molar-refractivity contribution in [2.45, 2.75) is 25.4 Å². The Morgan fingerprint density at radius 1 is 1.07 bits per heavy atom. The second kappa shape index (κ2) is 7.50. The lowest BCUT2D eigenvalue weighted by molar-refractivity contribution is -0.159. The molecule has 2 aromatic heterocycles. The van der Waals surface area contributed by atoms with Gasteiger partial charge in [-0.25, -0.2) is 4.79 Å². The minimum atomic E-state index is -1.37. The molecular weight excluding hydrogens is 370 g/mol. The third-order valence-electron chi connectivity index (χ3n) is 5.35. The molecule has 148 valence electrons. The second-order valence-corrected chi connectivity index (χ2v) is 7.22. The molecule has 0 atom stereocenters. The molecule has 7 nitrogen and oxygen atoms in total. The number of fused-ring (bicyclic) bond motifs is 1. The summed E-state index contributed by atoms with van der Waals surface area (Å²) in [5, 5.41) is 10.8. The fraction of sp³-hybridized carbons (Fsp3) is 0.273. The Morgan fingerprint density at radius 3 is 2.52 bits per heavy atom. The van der Waals surface area contributed by atoms with Crippen molar-refractivity contribution in [1.82, 2.24) is 14.9 Å². The number of aromatic nitrogens is 2. The van der Waals surface area contributed by atoms with Crippen molar-refractivity contribution >= 4 is 22.8 Å². The van der Waals surface area contributed by atoms with Gasteiger partial charge in [-0.3, -0.25) is 14.8 Å². The van der Waals surface area contributed by atoms with Gasteiger partial charge >= 0.3 is 5.97 Å². The van der Waals surface area contributed by atoms with E-state index in [1.165, 1.54) is 0 Å². The molecule has 0 aliphatic carbocycles. The van der Waals surface area contributed by atoms with Crippen LogP contribution >= 0.6 is 0 Å². The minimum absolute atomic E-state index is 0.182. The molecule has 0 unspecified atom stereocenters. The number of carboxylic acid groups (broad SMARTS) is 1. The van der Waals surface area contributed by atoms with E-state index in [9.17, 15) is 14.7 Å². The van der Waals surface area contributed by atoms with Crippen LogP contribution in [0.5, 0.6) is 5.75 Å². The number of hydrogen-bond acceptors (Lipinski definition) is 5. The lowest BCUT2D eigenvalue weighted by Gasteiger charge is -2.38. The summed E-state index contributed by atoms with van der Waals surface area (Å²) < 4.78 is 5.99. The maximum Gasteiger partial charge on any atom is 0.348 e. The summed E-state index contributed by atoms with van der Waals surface area (Å²) in [6.07, 6.45) is 3.69. The highest BCUT2D eigenvalue weighted by Crippen LogP contribution is 2.31. The molecule has 1 aliphatic heterocycles. The first-order valence-corrected chi connectivity index (χ1v) is 9.47. The SMILES string of the molecule is Cc1cccnc1C(=O)N1CCC(Oc2ccc3ncccc3c2)(C(=O)O)CC1. The number of benzene rings is 1. The van der Waals surface area contributed by atoms with Crippen LogP contribution in [0, 0.1) is 6.92 Å². The molecule has 1 saturated heterocycles. The van der Waals surface area contributed by atoms with E-state index in [1.807, 2.05) is 31.2 Å². The van der Waals surface area contributed by atoms with Gasteiger partial charge < -0.3 is 14.7 Å². The van der Waals surface area contributed by atoms with E-state index < -0.39 is 11.6 Å².